The zero-order valence-electron chi connectivity index (χ0n) is 10.8. The van der Waals surface area contributed by atoms with Gasteiger partial charge in [0.05, 0.1) is 11.0 Å². The lowest BCUT2D eigenvalue weighted by Crippen LogP contribution is -2.44. The van der Waals surface area contributed by atoms with Crippen molar-refractivity contribution in [1.29, 1.82) is 0 Å². The molecule has 1 aliphatic carbocycles. The molecule has 0 radical (unpaired) electrons. The molecule has 0 aliphatic heterocycles. The molecule has 3 N–H and O–H groups in total. The van der Waals surface area contributed by atoms with Gasteiger partial charge in [-0.05, 0) is 37.3 Å². The lowest BCUT2D eigenvalue weighted by molar-refractivity contribution is -0.147. The van der Waals surface area contributed by atoms with Crippen molar-refractivity contribution >= 4 is 5.97 Å². The number of hydrogen-bond donors (Lipinski definition) is 2. The number of alkyl halides is 3. The molecule has 1 fully saturated rings. The molecular formula is C14H16F3NO2. The van der Waals surface area contributed by atoms with E-state index >= 15 is 0 Å². The van der Waals surface area contributed by atoms with Crippen LogP contribution in [-0.2, 0) is 16.4 Å². The Labute approximate surface area is 114 Å². The highest BCUT2D eigenvalue weighted by atomic mass is 19.4. The molecular weight excluding hydrogens is 271 g/mol. The predicted molar refractivity (Wildman–Crippen MR) is 67.2 cm³/mol. The quantitative estimate of drug-likeness (QED) is 0.879. The van der Waals surface area contributed by atoms with Crippen LogP contribution in [-0.4, -0.2) is 17.1 Å². The second-order valence-electron chi connectivity index (χ2n) is 5.27. The Morgan fingerprint density at radius 2 is 1.80 bits per heavy atom. The van der Waals surface area contributed by atoms with Crippen LogP contribution in [0.3, 0.4) is 0 Å². The normalized spacial score (nSPS) is 27.3. The van der Waals surface area contributed by atoms with Crippen LogP contribution in [0.25, 0.3) is 0 Å². The van der Waals surface area contributed by atoms with Crippen LogP contribution in [0, 0.1) is 0 Å². The smallest absolute Gasteiger partial charge is 0.416 e. The Hall–Kier alpha value is -1.56. The maximum Gasteiger partial charge on any atom is 0.416 e. The van der Waals surface area contributed by atoms with Crippen LogP contribution in [0.4, 0.5) is 13.2 Å². The number of halogens is 3. The van der Waals surface area contributed by atoms with Crippen molar-refractivity contribution in [1.82, 2.24) is 0 Å². The number of carbonyl (C=O) groups is 1. The van der Waals surface area contributed by atoms with Gasteiger partial charge in [-0.3, -0.25) is 4.79 Å². The molecule has 0 aromatic heterocycles. The number of benzene rings is 1. The van der Waals surface area contributed by atoms with Crippen LogP contribution in [0.2, 0.25) is 0 Å². The number of rotatable bonds is 2. The van der Waals surface area contributed by atoms with Crippen LogP contribution < -0.4 is 5.73 Å². The summed E-state index contributed by atoms with van der Waals surface area (Å²) >= 11 is 0. The van der Waals surface area contributed by atoms with E-state index in [1.807, 2.05) is 0 Å². The average Bonchev–Trinajstić information content (AvgIpc) is 2.38. The fraction of sp³-hybridized carbons (Fsp3) is 0.500. The molecule has 1 aliphatic rings. The first kappa shape index (κ1) is 14.8. The van der Waals surface area contributed by atoms with Gasteiger partial charge in [-0.1, -0.05) is 18.2 Å². The van der Waals surface area contributed by atoms with E-state index < -0.39 is 23.1 Å². The Bertz CT molecular complexity index is 505. The lowest BCUT2D eigenvalue weighted by Gasteiger charge is -2.37. The number of carboxylic acid groups (broad SMARTS) is 1. The van der Waals surface area contributed by atoms with E-state index in [-0.39, 0.29) is 24.4 Å². The average molecular weight is 287 g/mol. The first-order valence-corrected chi connectivity index (χ1v) is 6.43. The summed E-state index contributed by atoms with van der Waals surface area (Å²) in [7, 11) is 0. The molecule has 3 nitrogen and oxygen atoms in total. The van der Waals surface area contributed by atoms with Gasteiger partial charge in [-0.15, -0.1) is 0 Å². The standard InChI is InChI=1S/C14H16F3NO2/c15-14(16,17)11-4-2-1-3-10(11)13(12(19)20)7-5-9(18)6-8-13/h1-4,9H,5-8,18H2,(H,19,20). The minimum atomic E-state index is -4.56. The molecule has 110 valence electrons. The maximum atomic E-state index is 13.1. The van der Waals surface area contributed by atoms with Crippen molar-refractivity contribution in [3.63, 3.8) is 0 Å². The molecule has 0 atom stereocenters. The summed E-state index contributed by atoms with van der Waals surface area (Å²) in [6.07, 6.45) is -3.46. The third-order valence-corrected chi connectivity index (χ3v) is 4.04. The van der Waals surface area contributed by atoms with Gasteiger partial charge in [0, 0.05) is 6.04 Å². The van der Waals surface area contributed by atoms with Gasteiger partial charge in [0.25, 0.3) is 0 Å². The molecule has 0 amide bonds. The first-order chi connectivity index (χ1) is 9.27. The van der Waals surface area contributed by atoms with Crippen molar-refractivity contribution in [3.05, 3.63) is 35.4 Å². The molecule has 2 rings (SSSR count). The minimum Gasteiger partial charge on any atom is -0.481 e. The Balaban J connectivity index is 2.54. The number of aliphatic carboxylic acids is 1. The van der Waals surface area contributed by atoms with E-state index in [1.54, 1.807) is 0 Å². The van der Waals surface area contributed by atoms with Crippen LogP contribution >= 0.6 is 0 Å². The monoisotopic (exact) mass is 287 g/mol. The largest absolute Gasteiger partial charge is 0.481 e. The van der Waals surface area contributed by atoms with E-state index in [0.29, 0.717) is 12.8 Å². The molecule has 0 heterocycles. The van der Waals surface area contributed by atoms with E-state index in [2.05, 4.69) is 0 Å². The van der Waals surface area contributed by atoms with Gasteiger partial charge in [-0.2, -0.15) is 13.2 Å². The number of nitrogens with two attached hydrogens (primary N) is 1. The van der Waals surface area contributed by atoms with Crippen molar-refractivity contribution in [2.45, 2.75) is 43.3 Å². The van der Waals surface area contributed by atoms with Gasteiger partial charge in [-0.25, -0.2) is 0 Å². The van der Waals surface area contributed by atoms with E-state index in [4.69, 9.17) is 5.73 Å². The lowest BCUT2D eigenvalue weighted by atomic mass is 9.67. The van der Waals surface area contributed by atoms with Crippen molar-refractivity contribution in [2.75, 3.05) is 0 Å². The summed E-state index contributed by atoms with van der Waals surface area (Å²) < 4.78 is 39.3. The fourth-order valence-electron chi connectivity index (χ4n) is 2.88. The molecule has 1 saturated carbocycles. The Morgan fingerprint density at radius 3 is 2.30 bits per heavy atom. The fourth-order valence-corrected chi connectivity index (χ4v) is 2.88. The number of carboxylic acids is 1. The molecule has 0 unspecified atom stereocenters. The molecule has 0 spiro atoms. The van der Waals surface area contributed by atoms with Crippen LogP contribution in [0.5, 0.6) is 0 Å². The molecule has 1 aromatic rings. The van der Waals surface area contributed by atoms with Gasteiger partial charge in [0.2, 0.25) is 0 Å². The van der Waals surface area contributed by atoms with Gasteiger partial charge in [0.1, 0.15) is 0 Å². The van der Waals surface area contributed by atoms with Gasteiger partial charge < -0.3 is 10.8 Å². The minimum absolute atomic E-state index is 0.136. The van der Waals surface area contributed by atoms with Crippen molar-refractivity contribution < 1.29 is 23.1 Å². The Morgan fingerprint density at radius 1 is 1.25 bits per heavy atom. The van der Waals surface area contributed by atoms with E-state index in [0.717, 1.165) is 6.07 Å². The highest BCUT2D eigenvalue weighted by molar-refractivity contribution is 5.82. The SMILES string of the molecule is NC1CCC(C(=O)O)(c2ccccc2C(F)(F)F)CC1. The summed E-state index contributed by atoms with van der Waals surface area (Å²) in [5.41, 5.74) is 3.25. The zero-order chi connectivity index (χ0) is 15.0. The highest BCUT2D eigenvalue weighted by Gasteiger charge is 2.47. The molecule has 0 bridgehead atoms. The van der Waals surface area contributed by atoms with E-state index in [1.165, 1.54) is 18.2 Å². The number of hydrogen-bond acceptors (Lipinski definition) is 2. The molecule has 1 aromatic carbocycles. The molecule has 0 saturated heterocycles. The zero-order valence-corrected chi connectivity index (χ0v) is 10.8. The van der Waals surface area contributed by atoms with Crippen LogP contribution in [0.15, 0.2) is 24.3 Å². The van der Waals surface area contributed by atoms with Gasteiger partial charge in [0.15, 0.2) is 0 Å². The predicted octanol–water partition coefficient (Wildman–Crippen LogP) is 2.93. The first-order valence-electron chi connectivity index (χ1n) is 6.43. The van der Waals surface area contributed by atoms with Crippen molar-refractivity contribution in [2.24, 2.45) is 5.73 Å². The highest BCUT2D eigenvalue weighted by Crippen LogP contribution is 2.44. The summed E-state index contributed by atoms with van der Waals surface area (Å²) in [6, 6.07) is 4.79. The molecule has 20 heavy (non-hydrogen) atoms. The summed E-state index contributed by atoms with van der Waals surface area (Å²) in [5, 5.41) is 9.51. The van der Waals surface area contributed by atoms with E-state index in [9.17, 15) is 23.1 Å². The summed E-state index contributed by atoms with van der Waals surface area (Å²) in [5.74, 6) is -1.21. The van der Waals surface area contributed by atoms with Crippen LogP contribution in [0.1, 0.15) is 36.8 Å². The molecule has 6 heteroatoms. The maximum absolute atomic E-state index is 13.1. The second-order valence-corrected chi connectivity index (χ2v) is 5.27. The third-order valence-electron chi connectivity index (χ3n) is 4.04. The van der Waals surface area contributed by atoms with Crippen molar-refractivity contribution in [3.8, 4) is 0 Å². The van der Waals surface area contributed by atoms with Gasteiger partial charge >= 0.3 is 12.1 Å². The Kier molecular flexibility index (Phi) is 3.77. The summed E-state index contributed by atoms with van der Waals surface area (Å²) in [4.78, 5) is 11.7. The second kappa shape index (κ2) is 5.09. The topological polar surface area (TPSA) is 63.3 Å². The summed E-state index contributed by atoms with van der Waals surface area (Å²) in [6.45, 7) is 0. The third kappa shape index (κ3) is 2.52.